The SMILES string of the molecule is CC(C)Nc1cccnc1N1CCN(C(=O)c2ccccc2)CC1. The van der Waals surface area contributed by atoms with E-state index in [-0.39, 0.29) is 5.91 Å². The lowest BCUT2D eigenvalue weighted by atomic mass is 10.2. The molecule has 1 aliphatic rings. The van der Waals surface area contributed by atoms with Crippen LogP contribution in [0.2, 0.25) is 0 Å². The Morgan fingerprint density at radius 3 is 2.42 bits per heavy atom. The largest absolute Gasteiger partial charge is 0.380 e. The molecule has 2 aromatic rings. The zero-order valence-electron chi connectivity index (χ0n) is 14.3. The number of anilines is 2. The minimum atomic E-state index is 0.108. The third-order valence-corrected chi connectivity index (χ3v) is 4.12. The van der Waals surface area contributed by atoms with Crippen molar-refractivity contribution in [2.24, 2.45) is 0 Å². The van der Waals surface area contributed by atoms with Crippen LogP contribution in [-0.4, -0.2) is 48.0 Å². The standard InChI is InChI=1S/C19H24N4O/c1-15(2)21-17-9-6-10-20-18(17)22-11-13-23(14-12-22)19(24)16-7-4-3-5-8-16/h3-10,15,21H,11-14H2,1-2H3. The van der Waals surface area contributed by atoms with Crippen molar-refractivity contribution in [2.45, 2.75) is 19.9 Å². The van der Waals surface area contributed by atoms with E-state index in [2.05, 4.69) is 35.1 Å². The molecule has 1 saturated heterocycles. The molecule has 0 saturated carbocycles. The Balaban J connectivity index is 1.66. The summed E-state index contributed by atoms with van der Waals surface area (Å²) < 4.78 is 0. The smallest absolute Gasteiger partial charge is 0.253 e. The van der Waals surface area contributed by atoms with Gasteiger partial charge in [0, 0.05) is 44.0 Å². The highest BCUT2D eigenvalue weighted by atomic mass is 16.2. The van der Waals surface area contributed by atoms with Gasteiger partial charge < -0.3 is 15.1 Å². The highest BCUT2D eigenvalue weighted by molar-refractivity contribution is 5.94. The molecule has 0 spiro atoms. The fourth-order valence-electron chi connectivity index (χ4n) is 2.96. The molecule has 0 aliphatic carbocycles. The number of pyridine rings is 1. The van der Waals surface area contributed by atoms with Crippen LogP contribution in [0.4, 0.5) is 11.5 Å². The monoisotopic (exact) mass is 324 g/mol. The first-order chi connectivity index (χ1) is 11.6. The molecule has 5 nitrogen and oxygen atoms in total. The molecular formula is C19H24N4O. The van der Waals surface area contributed by atoms with Crippen LogP contribution in [0.15, 0.2) is 48.7 Å². The summed E-state index contributed by atoms with van der Waals surface area (Å²) in [6.07, 6.45) is 1.82. The molecule has 1 aromatic heterocycles. The van der Waals surface area contributed by atoms with Gasteiger partial charge in [-0.15, -0.1) is 0 Å². The number of aromatic nitrogens is 1. The number of hydrogen-bond acceptors (Lipinski definition) is 4. The summed E-state index contributed by atoms with van der Waals surface area (Å²) in [5.74, 6) is 1.08. The van der Waals surface area contributed by atoms with Crippen LogP contribution in [0, 0.1) is 0 Å². The molecule has 5 heteroatoms. The van der Waals surface area contributed by atoms with Crippen LogP contribution in [0.1, 0.15) is 24.2 Å². The molecule has 24 heavy (non-hydrogen) atoms. The lowest BCUT2D eigenvalue weighted by Crippen LogP contribution is -2.49. The van der Waals surface area contributed by atoms with Crippen molar-refractivity contribution >= 4 is 17.4 Å². The minimum Gasteiger partial charge on any atom is -0.380 e. The Kier molecular flexibility index (Phi) is 4.99. The minimum absolute atomic E-state index is 0.108. The van der Waals surface area contributed by atoms with Gasteiger partial charge in [0.2, 0.25) is 0 Å². The van der Waals surface area contributed by atoms with Crippen LogP contribution < -0.4 is 10.2 Å². The molecular weight excluding hydrogens is 300 g/mol. The van der Waals surface area contributed by atoms with Gasteiger partial charge in [0.15, 0.2) is 5.82 Å². The van der Waals surface area contributed by atoms with Crippen LogP contribution in [-0.2, 0) is 0 Å². The number of hydrogen-bond donors (Lipinski definition) is 1. The fraction of sp³-hybridized carbons (Fsp3) is 0.368. The van der Waals surface area contributed by atoms with E-state index >= 15 is 0 Å². The van der Waals surface area contributed by atoms with Gasteiger partial charge in [0.1, 0.15) is 0 Å². The number of amides is 1. The molecule has 2 heterocycles. The second-order valence-corrected chi connectivity index (χ2v) is 6.32. The van der Waals surface area contributed by atoms with E-state index in [1.807, 2.05) is 47.5 Å². The summed E-state index contributed by atoms with van der Waals surface area (Å²) in [6.45, 7) is 7.25. The number of rotatable bonds is 4. The van der Waals surface area contributed by atoms with Crippen molar-refractivity contribution in [3.8, 4) is 0 Å². The lowest BCUT2D eigenvalue weighted by Gasteiger charge is -2.36. The molecule has 0 unspecified atom stereocenters. The first kappa shape index (κ1) is 16.3. The summed E-state index contributed by atoms with van der Waals surface area (Å²) in [5, 5.41) is 3.45. The Bertz CT molecular complexity index is 679. The summed E-state index contributed by atoms with van der Waals surface area (Å²) in [7, 11) is 0. The number of carbonyl (C=O) groups excluding carboxylic acids is 1. The molecule has 1 fully saturated rings. The van der Waals surface area contributed by atoms with Crippen molar-refractivity contribution in [3.63, 3.8) is 0 Å². The quantitative estimate of drug-likeness (QED) is 0.939. The second-order valence-electron chi connectivity index (χ2n) is 6.32. The van der Waals surface area contributed by atoms with E-state index in [1.54, 1.807) is 0 Å². The van der Waals surface area contributed by atoms with Gasteiger partial charge in [0.05, 0.1) is 5.69 Å². The van der Waals surface area contributed by atoms with Crippen molar-refractivity contribution in [2.75, 3.05) is 36.4 Å². The van der Waals surface area contributed by atoms with Gasteiger partial charge in [-0.05, 0) is 38.1 Å². The predicted molar refractivity (Wildman–Crippen MR) is 97.6 cm³/mol. The molecule has 3 rings (SSSR count). The average molecular weight is 324 g/mol. The summed E-state index contributed by atoms with van der Waals surface area (Å²) in [4.78, 5) is 21.2. The third-order valence-electron chi connectivity index (χ3n) is 4.12. The molecule has 1 amide bonds. The van der Waals surface area contributed by atoms with Gasteiger partial charge in [0.25, 0.3) is 5.91 Å². The Morgan fingerprint density at radius 1 is 1.04 bits per heavy atom. The number of piperazine rings is 1. The van der Waals surface area contributed by atoms with Gasteiger partial charge in [-0.25, -0.2) is 4.98 Å². The van der Waals surface area contributed by atoms with Crippen LogP contribution in [0.3, 0.4) is 0 Å². The zero-order valence-corrected chi connectivity index (χ0v) is 14.3. The summed E-state index contributed by atoms with van der Waals surface area (Å²) in [5.41, 5.74) is 1.81. The third kappa shape index (κ3) is 3.67. The first-order valence-electron chi connectivity index (χ1n) is 8.46. The molecule has 1 N–H and O–H groups in total. The van der Waals surface area contributed by atoms with Gasteiger partial charge in [-0.2, -0.15) is 0 Å². The normalized spacial score (nSPS) is 14.8. The van der Waals surface area contributed by atoms with Crippen molar-refractivity contribution in [1.82, 2.24) is 9.88 Å². The highest BCUT2D eigenvalue weighted by Crippen LogP contribution is 2.24. The number of benzene rings is 1. The topological polar surface area (TPSA) is 48.5 Å². The maximum absolute atomic E-state index is 12.5. The summed E-state index contributed by atoms with van der Waals surface area (Å²) >= 11 is 0. The fourth-order valence-corrected chi connectivity index (χ4v) is 2.96. The summed E-state index contributed by atoms with van der Waals surface area (Å²) in [6, 6.07) is 13.8. The van der Waals surface area contributed by atoms with Gasteiger partial charge in [-0.3, -0.25) is 4.79 Å². The Morgan fingerprint density at radius 2 is 1.75 bits per heavy atom. The maximum Gasteiger partial charge on any atom is 0.253 e. The van der Waals surface area contributed by atoms with Crippen molar-refractivity contribution in [1.29, 1.82) is 0 Å². The van der Waals surface area contributed by atoms with Crippen LogP contribution >= 0.6 is 0 Å². The van der Waals surface area contributed by atoms with E-state index in [1.165, 1.54) is 0 Å². The zero-order chi connectivity index (χ0) is 16.9. The highest BCUT2D eigenvalue weighted by Gasteiger charge is 2.24. The first-order valence-corrected chi connectivity index (χ1v) is 8.46. The van der Waals surface area contributed by atoms with Crippen LogP contribution in [0.25, 0.3) is 0 Å². The molecule has 1 aromatic carbocycles. The number of nitrogens with zero attached hydrogens (tertiary/aromatic N) is 3. The van der Waals surface area contributed by atoms with E-state index in [0.29, 0.717) is 19.1 Å². The number of carbonyl (C=O) groups is 1. The molecule has 0 atom stereocenters. The Hall–Kier alpha value is -2.56. The van der Waals surface area contributed by atoms with Crippen molar-refractivity contribution < 1.29 is 4.79 Å². The second kappa shape index (κ2) is 7.34. The lowest BCUT2D eigenvalue weighted by molar-refractivity contribution is 0.0746. The van der Waals surface area contributed by atoms with Gasteiger partial charge in [-0.1, -0.05) is 18.2 Å². The van der Waals surface area contributed by atoms with Crippen molar-refractivity contribution in [3.05, 3.63) is 54.2 Å². The maximum atomic E-state index is 12.5. The molecule has 0 radical (unpaired) electrons. The van der Waals surface area contributed by atoms with E-state index < -0.39 is 0 Å². The molecule has 1 aliphatic heterocycles. The van der Waals surface area contributed by atoms with Gasteiger partial charge >= 0.3 is 0 Å². The average Bonchev–Trinajstić information content (AvgIpc) is 2.62. The number of nitrogens with one attached hydrogen (secondary N) is 1. The molecule has 0 bridgehead atoms. The van der Waals surface area contributed by atoms with E-state index in [0.717, 1.165) is 30.2 Å². The Labute approximate surface area is 143 Å². The molecule has 126 valence electrons. The predicted octanol–water partition coefficient (Wildman–Crippen LogP) is 2.86. The van der Waals surface area contributed by atoms with E-state index in [4.69, 9.17) is 0 Å². The van der Waals surface area contributed by atoms with E-state index in [9.17, 15) is 4.79 Å². The van der Waals surface area contributed by atoms with Crippen LogP contribution in [0.5, 0.6) is 0 Å².